The molecule has 90 valence electrons. The molecule has 0 aliphatic carbocycles. The van der Waals surface area contributed by atoms with E-state index in [4.69, 9.17) is 22.6 Å². The Bertz CT molecular complexity index is 636. The van der Waals surface area contributed by atoms with Crippen LogP contribution in [0.15, 0.2) is 34.9 Å². The minimum absolute atomic E-state index is 0.404. The molecule has 4 nitrogen and oxygen atoms in total. The first-order chi connectivity index (χ1) is 8.60. The van der Waals surface area contributed by atoms with E-state index in [1.54, 1.807) is 18.2 Å². The summed E-state index contributed by atoms with van der Waals surface area (Å²) in [5.74, 6) is 0.463. The molecule has 2 aromatic rings. The Labute approximate surface area is 118 Å². The maximum atomic E-state index is 9.05. The largest absolute Gasteiger partial charge is 0.397 e. The number of rotatable bonds is 2. The predicted octanol–water partition coefficient (Wildman–Crippen LogP) is 3.69. The van der Waals surface area contributed by atoms with Gasteiger partial charge in [-0.2, -0.15) is 5.26 Å². The standard InChI is InChI=1S/C12H8BrClN4/c13-8-1-2-11(7(3-8)5-15)18-12-10(14)4-9(16)6-17-12/h1-4,6H,16H2,(H,17,18). The van der Waals surface area contributed by atoms with Crippen molar-refractivity contribution in [2.24, 2.45) is 0 Å². The minimum Gasteiger partial charge on any atom is -0.397 e. The minimum atomic E-state index is 0.404. The van der Waals surface area contributed by atoms with Gasteiger partial charge in [0.15, 0.2) is 0 Å². The number of benzene rings is 1. The summed E-state index contributed by atoms with van der Waals surface area (Å²) in [4.78, 5) is 4.08. The van der Waals surface area contributed by atoms with E-state index >= 15 is 0 Å². The molecule has 1 aromatic carbocycles. The number of nitrogen functional groups attached to an aromatic ring is 1. The molecule has 0 aliphatic rings. The van der Waals surface area contributed by atoms with E-state index in [-0.39, 0.29) is 0 Å². The van der Waals surface area contributed by atoms with Gasteiger partial charge in [0, 0.05) is 4.47 Å². The Balaban J connectivity index is 2.37. The van der Waals surface area contributed by atoms with Crippen molar-refractivity contribution >= 4 is 44.7 Å². The Morgan fingerprint density at radius 3 is 2.83 bits per heavy atom. The lowest BCUT2D eigenvalue weighted by Crippen LogP contribution is -1.98. The van der Waals surface area contributed by atoms with E-state index in [0.29, 0.717) is 27.8 Å². The average Bonchev–Trinajstić information content (AvgIpc) is 2.34. The number of hydrogen-bond acceptors (Lipinski definition) is 4. The number of nitrogens with one attached hydrogen (secondary N) is 1. The third-order valence-corrected chi connectivity index (χ3v) is 3.00. The van der Waals surface area contributed by atoms with Crippen LogP contribution in [-0.4, -0.2) is 4.98 Å². The molecule has 0 bridgehead atoms. The first-order valence-electron chi connectivity index (χ1n) is 4.98. The summed E-state index contributed by atoms with van der Waals surface area (Å²) in [6, 6.07) is 9.02. The fourth-order valence-corrected chi connectivity index (χ4v) is 1.97. The fourth-order valence-electron chi connectivity index (χ4n) is 1.39. The van der Waals surface area contributed by atoms with Crippen LogP contribution in [0.3, 0.4) is 0 Å². The van der Waals surface area contributed by atoms with Gasteiger partial charge in [0.25, 0.3) is 0 Å². The zero-order chi connectivity index (χ0) is 13.1. The lowest BCUT2D eigenvalue weighted by Gasteiger charge is -2.09. The van der Waals surface area contributed by atoms with E-state index in [1.807, 2.05) is 6.07 Å². The first-order valence-corrected chi connectivity index (χ1v) is 6.15. The Kier molecular flexibility index (Phi) is 3.70. The molecule has 1 heterocycles. The van der Waals surface area contributed by atoms with E-state index in [0.717, 1.165) is 4.47 Å². The number of hydrogen-bond donors (Lipinski definition) is 2. The molecule has 18 heavy (non-hydrogen) atoms. The zero-order valence-electron chi connectivity index (χ0n) is 9.11. The highest BCUT2D eigenvalue weighted by atomic mass is 79.9. The van der Waals surface area contributed by atoms with Crippen LogP contribution >= 0.6 is 27.5 Å². The number of nitriles is 1. The number of nitrogens with two attached hydrogens (primary N) is 1. The summed E-state index contributed by atoms with van der Waals surface area (Å²) < 4.78 is 0.834. The van der Waals surface area contributed by atoms with Gasteiger partial charge in [-0.05, 0) is 24.3 Å². The Morgan fingerprint density at radius 1 is 1.39 bits per heavy atom. The first kappa shape index (κ1) is 12.7. The molecule has 0 saturated heterocycles. The van der Waals surface area contributed by atoms with E-state index in [2.05, 4.69) is 32.3 Å². The number of pyridine rings is 1. The van der Waals surface area contributed by atoms with Crippen LogP contribution in [0.25, 0.3) is 0 Å². The lowest BCUT2D eigenvalue weighted by atomic mass is 10.2. The van der Waals surface area contributed by atoms with Crippen LogP contribution in [0.1, 0.15) is 5.56 Å². The number of aromatic nitrogens is 1. The molecule has 0 atom stereocenters. The SMILES string of the molecule is N#Cc1cc(Br)ccc1Nc1ncc(N)cc1Cl. The molecule has 0 radical (unpaired) electrons. The molecule has 6 heteroatoms. The van der Waals surface area contributed by atoms with Gasteiger partial charge in [0.05, 0.1) is 28.2 Å². The van der Waals surface area contributed by atoms with Gasteiger partial charge in [0.2, 0.25) is 0 Å². The number of anilines is 3. The molecule has 2 rings (SSSR count). The summed E-state index contributed by atoms with van der Waals surface area (Å²) in [5, 5.41) is 12.5. The second kappa shape index (κ2) is 5.25. The highest BCUT2D eigenvalue weighted by Gasteiger charge is 2.07. The van der Waals surface area contributed by atoms with Crippen LogP contribution in [0.5, 0.6) is 0 Å². The predicted molar refractivity (Wildman–Crippen MR) is 75.8 cm³/mol. The number of nitrogens with zero attached hydrogens (tertiary/aromatic N) is 2. The maximum Gasteiger partial charge on any atom is 0.149 e. The monoisotopic (exact) mass is 322 g/mol. The van der Waals surface area contributed by atoms with Crippen molar-refractivity contribution in [3.05, 3.63) is 45.5 Å². The van der Waals surface area contributed by atoms with Crippen molar-refractivity contribution < 1.29 is 0 Å². The highest BCUT2D eigenvalue weighted by Crippen LogP contribution is 2.27. The van der Waals surface area contributed by atoms with Gasteiger partial charge in [-0.1, -0.05) is 27.5 Å². The van der Waals surface area contributed by atoms with Crippen molar-refractivity contribution in [3.8, 4) is 6.07 Å². The Morgan fingerprint density at radius 2 is 2.17 bits per heavy atom. The molecular formula is C12H8BrClN4. The molecule has 3 N–H and O–H groups in total. The quantitative estimate of drug-likeness (QED) is 0.883. The summed E-state index contributed by atoms with van der Waals surface area (Å²) in [5.41, 5.74) is 7.19. The third kappa shape index (κ3) is 2.73. The molecule has 0 aliphatic heterocycles. The van der Waals surface area contributed by atoms with Gasteiger partial charge < -0.3 is 11.1 Å². The molecular weight excluding hydrogens is 316 g/mol. The maximum absolute atomic E-state index is 9.05. The van der Waals surface area contributed by atoms with Crippen LogP contribution in [0.4, 0.5) is 17.2 Å². The summed E-state index contributed by atoms with van der Waals surface area (Å²) in [6.45, 7) is 0. The van der Waals surface area contributed by atoms with E-state index in [1.165, 1.54) is 6.20 Å². The van der Waals surface area contributed by atoms with Crippen LogP contribution in [-0.2, 0) is 0 Å². The molecule has 0 amide bonds. The second-order valence-corrected chi connectivity index (χ2v) is 4.85. The van der Waals surface area contributed by atoms with Crippen LogP contribution < -0.4 is 11.1 Å². The fraction of sp³-hybridized carbons (Fsp3) is 0. The lowest BCUT2D eigenvalue weighted by molar-refractivity contribution is 1.30. The van der Waals surface area contributed by atoms with Crippen molar-refractivity contribution in [1.82, 2.24) is 4.98 Å². The van der Waals surface area contributed by atoms with E-state index < -0.39 is 0 Å². The molecule has 0 unspecified atom stereocenters. The second-order valence-electron chi connectivity index (χ2n) is 3.53. The molecule has 0 saturated carbocycles. The van der Waals surface area contributed by atoms with Gasteiger partial charge in [0.1, 0.15) is 11.9 Å². The number of halogens is 2. The molecule has 0 fully saturated rings. The zero-order valence-corrected chi connectivity index (χ0v) is 11.5. The van der Waals surface area contributed by atoms with Crippen molar-refractivity contribution in [1.29, 1.82) is 5.26 Å². The van der Waals surface area contributed by atoms with Gasteiger partial charge in [-0.15, -0.1) is 0 Å². The van der Waals surface area contributed by atoms with Gasteiger partial charge in [-0.3, -0.25) is 0 Å². The molecule has 0 spiro atoms. The summed E-state index contributed by atoms with van der Waals surface area (Å²) in [6.07, 6.45) is 1.50. The van der Waals surface area contributed by atoms with Crippen LogP contribution in [0, 0.1) is 11.3 Å². The normalized spacial score (nSPS) is 9.83. The van der Waals surface area contributed by atoms with Gasteiger partial charge >= 0.3 is 0 Å². The third-order valence-electron chi connectivity index (χ3n) is 2.22. The Hall–Kier alpha value is -1.77. The average molecular weight is 324 g/mol. The molecule has 1 aromatic heterocycles. The highest BCUT2D eigenvalue weighted by molar-refractivity contribution is 9.10. The van der Waals surface area contributed by atoms with Gasteiger partial charge in [-0.25, -0.2) is 4.98 Å². The summed E-state index contributed by atoms with van der Waals surface area (Å²) >= 11 is 9.32. The van der Waals surface area contributed by atoms with Crippen molar-refractivity contribution in [2.75, 3.05) is 11.1 Å². The van der Waals surface area contributed by atoms with Crippen molar-refractivity contribution in [2.45, 2.75) is 0 Å². The summed E-state index contributed by atoms with van der Waals surface area (Å²) in [7, 11) is 0. The van der Waals surface area contributed by atoms with Crippen LogP contribution in [0.2, 0.25) is 5.02 Å². The topological polar surface area (TPSA) is 74.7 Å². The van der Waals surface area contributed by atoms with E-state index in [9.17, 15) is 0 Å². The smallest absolute Gasteiger partial charge is 0.149 e. The van der Waals surface area contributed by atoms with Crippen molar-refractivity contribution in [3.63, 3.8) is 0 Å².